The molecule has 2 atom stereocenters. The summed E-state index contributed by atoms with van der Waals surface area (Å²) in [6, 6.07) is 0. The van der Waals surface area contributed by atoms with Gasteiger partial charge in [-0.3, -0.25) is 9.59 Å². The molecule has 0 spiro atoms. The summed E-state index contributed by atoms with van der Waals surface area (Å²) in [5.74, 6) is 0.432. The molecule has 0 rings (SSSR count). The van der Waals surface area contributed by atoms with Crippen LogP contribution in [0.5, 0.6) is 0 Å². The van der Waals surface area contributed by atoms with Crippen LogP contribution in [0.25, 0.3) is 0 Å². The third-order valence-electron chi connectivity index (χ3n) is 2.92. The zero-order valence-electron chi connectivity index (χ0n) is 11.8. The number of aliphatic hydroxyl groups excluding tert-OH is 2. The van der Waals surface area contributed by atoms with Gasteiger partial charge in [-0.05, 0) is 20.3 Å². The largest absolute Gasteiger partial charge is 0.463 e. The molecule has 0 aromatic carbocycles. The topological polar surface area (TPSA) is 83.8 Å². The summed E-state index contributed by atoms with van der Waals surface area (Å²) in [4.78, 5) is 23.4. The number of Topliss-reactive ketones (excluding diaryl/α,β-unsaturated/α-hetero) is 1. The number of rotatable bonds is 10. The van der Waals surface area contributed by atoms with Gasteiger partial charge in [-0.25, -0.2) is 0 Å². The zero-order valence-corrected chi connectivity index (χ0v) is 12.7. The Morgan fingerprint density at radius 1 is 1.32 bits per heavy atom. The Balaban J connectivity index is 4.68. The van der Waals surface area contributed by atoms with Crippen LogP contribution in [0, 0.1) is 11.3 Å². The van der Waals surface area contributed by atoms with Crippen LogP contribution in [0.15, 0.2) is 0 Å². The Kier molecular flexibility index (Phi) is 9.05. The van der Waals surface area contributed by atoms with E-state index in [4.69, 9.17) is 14.9 Å². The molecule has 0 amide bonds. The van der Waals surface area contributed by atoms with Crippen molar-refractivity contribution in [3.8, 4) is 0 Å². The summed E-state index contributed by atoms with van der Waals surface area (Å²) in [7, 11) is 0. The van der Waals surface area contributed by atoms with Crippen LogP contribution in [0.3, 0.4) is 0 Å². The van der Waals surface area contributed by atoms with Gasteiger partial charge in [-0.1, -0.05) is 6.92 Å². The summed E-state index contributed by atoms with van der Waals surface area (Å²) >= 11 is 1.45. The number of ether oxygens (including phenoxy) is 1. The molecular weight excluding hydrogens is 268 g/mol. The van der Waals surface area contributed by atoms with E-state index in [1.54, 1.807) is 13.8 Å². The van der Waals surface area contributed by atoms with Crippen molar-refractivity contribution in [3.05, 3.63) is 0 Å². The molecular formula is C13H24O5S. The highest BCUT2D eigenvalue weighted by atomic mass is 32.2. The van der Waals surface area contributed by atoms with Crippen molar-refractivity contribution < 1.29 is 24.5 Å². The first-order valence-corrected chi connectivity index (χ1v) is 7.50. The summed E-state index contributed by atoms with van der Waals surface area (Å²) in [5.41, 5.74) is -0.778. The summed E-state index contributed by atoms with van der Waals surface area (Å²) in [6.45, 7) is 4.86. The normalized spacial score (nSPS) is 15.6. The molecule has 112 valence electrons. The molecule has 5 nitrogen and oxygen atoms in total. The molecule has 0 fully saturated rings. The number of aliphatic hydroxyl groups is 2. The molecule has 0 heterocycles. The molecule has 0 aromatic rings. The van der Waals surface area contributed by atoms with Crippen molar-refractivity contribution in [2.45, 2.75) is 27.2 Å². The van der Waals surface area contributed by atoms with Gasteiger partial charge in [-0.15, -0.1) is 0 Å². The zero-order chi connectivity index (χ0) is 14.9. The number of carbonyl (C=O) groups excluding carboxylic acids is 2. The van der Waals surface area contributed by atoms with Gasteiger partial charge in [0.05, 0.1) is 18.6 Å². The highest BCUT2D eigenvalue weighted by molar-refractivity contribution is 7.99. The lowest BCUT2D eigenvalue weighted by Gasteiger charge is -2.29. The van der Waals surface area contributed by atoms with Gasteiger partial charge in [-0.2, -0.15) is 11.8 Å². The number of hydrogen-bond donors (Lipinski definition) is 2. The highest BCUT2D eigenvalue weighted by Gasteiger charge is 2.37. The van der Waals surface area contributed by atoms with Crippen molar-refractivity contribution in [2.24, 2.45) is 11.3 Å². The summed E-state index contributed by atoms with van der Waals surface area (Å²) in [6.07, 6.45) is 0.408. The SMILES string of the molecule is CC(=O)C(C)CC(C)(CSCCO)C(=O)OCCO. The van der Waals surface area contributed by atoms with E-state index < -0.39 is 11.4 Å². The molecule has 0 aliphatic heterocycles. The van der Waals surface area contributed by atoms with Crippen LogP contribution in [0.2, 0.25) is 0 Å². The van der Waals surface area contributed by atoms with Gasteiger partial charge < -0.3 is 14.9 Å². The summed E-state index contributed by atoms with van der Waals surface area (Å²) < 4.78 is 4.99. The average molecular weight is 292 g/mol. The van der Waals surface area contributed by atoms with E-state index in [-0.39, 0.29) is 31.5 Å². The van der Waals surface area contributed by atoms with E-state index in [1.165, 1.54) is 18.7 Å². The molecule has 2 N–H and O–H groups in total. The van der Waals surface area contributed by atoms with Crippen LogP contribution in [0.1, 0.15) is 27.2 Å². The van der Waals surface area contributed by atoms with Crippen molar-refractivity contribution in [2.75, 3.05) is 31.3 Å². The van der Waals surface area contributed by atoms with Crippen molar-refractivity contribution in [1.82, 2.24) is 0 Å². The number of esters is 1. The second-order valence-corrected chi connectivity index (χ2v) is 6.02. The molecule has 0 saturated heterocycles. The number of hydrogen-bond acceptors (Lipinski definition) is 6. The quantitative estimate of drug-likeness (QED) is 0.459. The Morgan fingerprint density at radius 2 is 1.95 bits per heavy atom. The molecule has 0 saturated carbocycles. The Morgan fingerprint density at radius 3 is 2.42 bits per heavy atom. The second kappa shape index (κ2) is 9.34. The van der Waals surface area contributed by atoms with E-state index in [9.17, 15) is 9.59 Å². The van der Waals surface area contributed by atoms with Gasteiger partial charge >= 0.3 is 5.97 Å². The molecule has 0 radical (unpaired) electrons. The van der Waals surface area contributed by atoms with Gasteiger partial charge in [0.2, 0.25) is 0 Å². The maximum Gasteiger partial charge on any atom is 0.312 e. The minimum Gasteiger partial charge on any atom is -0.463 e. The van der Waals surface area contributed by atoms with Crippen LogP contribution in [-0.2, 0) is 14.3 Å². The summed E-state index contributed by atoms with van der Waals surface area (Å²) in [5, 5.41) is 17.5. The van der Waals surface area contributed by atoms with Gasteiger partial charge in [0.15, 0.2) is 0 Å². The molecule has 0 bridgehead atoms. The predicted octanol–water partition coefficient (Wildman–Crippen LogP) is 0.869. The van der Waals surface area contributed by atoms with E-state index in [0.29, 0.717) is 17.9 Å². The van der Waals surface area contributed by atoms with E-state index in [1.807, 2.05) is 0 Å². The third kappa shape index (κ3) is 6.94. The number of thioether (sulfide) groups is 1. The lowest BCUT2D eigenvalue weighted by atomic mass is 9.82. The molecule has 2 unspecified atom stereocenters. The first-order valence-electron chi connectivity index (χ1n) is 6.34. The molecule has 6 heteroatoms. The first kappa shape index (κ1) is 18.4. The highest BCUT2D eigenvalue weighted by Crippen LogP contribution is 2.32. The maximum absolute atomic E-state index is 12.1. The molecule has 0 aliphatic carbocycles. The standard InChI is InChI=1S/C13H24O5S/c1-10(11(2)16)8-13(3,9-19-7-5-15)12(17)18-6-4-14/h10,14-15H,4-9H2,1-3H3. The Bertz CT molecular complexity index is 295. The maximum atomic E-state index is 12.1. The number of ketones is 1. The van der Waals surface area contributed by atoms with Gasteiger partial charge in [0, 0.05) is 17.4 Å². The monoisotopic (exact) mass is 292 g/mol. The van der Waals surface area contributed by atoms with Crippen molar-refractivity contribution in [1.29, 1.82) is 0 Å². The van der Waals surface area contributed by atoms with Gasteiger partial charge in [0.1, 0.15) is 12.4 Å². The Hall–Kier alpha value is -0.590. The lowest BCUT2D eigenvalue weighted by Crippen LogP contribution is -2.36. The first-order chi connectivity index (χ1) is 8.87. The van der Waals surface area contributed by atoms with Crippen LogP contribution in [0.4, 0.5) is 0 Å². The molecule has 0 aliphatic rings. The average Bonchev–Trinajstić information content (AvgIpc) is 2.35. The smallest absolute Gasteiger partial charge is 0.312 e. The second-order valence-electron chi connectivity index (χ2n) is 4.91. The molecule has 19 heavy (non-hydrogen) atoms. The molecule has 0 aromatic heterocycles. The van der Waals surface area contributed by atoms with Crippen molar-refractivity contribution in [3.63, 3.8) is 0 Å². The lowest BCUT2D eigenvalue weighted by molar-refractivity contribution is -0.155. The van der Waals surface area contributed by atoms with Crippen LogP contribution < -0.4 is 0 Å². The van der Waals surface area contributed by atoms with E-state index in [2.05, 4.69) is 0 Å². The predicted molar refractivity (Wildman–Crippen MR) is 75.0 cm³/mol. The van der Waals surface area contributed by atoms with Gasteiger partial charge in [0.25, 0.3) is 0 Å². The fourth-order valence-electron chi connectivity index (χ4n) is 1.70. The van der Waals surface area contributed by atoms with Crippen LogP contribution in [-0.4, -0.2) is 53.3 Å². The van der Waals surface area contributed by atoms with E-state index in [0.717, 1.165) is 0 Å². The third-order valence-corrected chi connectivity index (χ3v) is 4.24. The minimum atomic E-state index is -0.778. The van der Waals surface area contributed by atoms with E-state index >= 15 is 0 Å². The fourth-order valence-corrected chi connectivity index (χ4v) is 2.65. The van der Waals surface area contributed by atoms with Crippen LogP contribution >= 0.6 is 11.8 Å². The minimum absolute atomic E-state index is 0.0342. The van der Waals surface area contributed by atoms with Crippen molar-refractivity contribution >= 4 is 23.5 Å². The number of carbonyl (C=O) groups is 2. The Labute approximate surface area is 118 Å². The fraction of sp³-hybridized carbons (Fsp3) is 0.846.